The van der Waals surface area contributed by atoms with Crippen molar-refractivity contribution < 1.29 is 14.3 Å². The van der Waals surface area contributed by atoms with Crippen LogP contribution in [0, 0.1) is 0 Å². The molecule has 1 aromatic rings. The maximum absolute atomic E-state index is 11.8. The number of aryl methyl sites for hydroxylation is 1. The Morgan fingerprint density at radius 2 is 2.10 bits per heavy atom. The molecule has 1 aromatic heterocycles. The molecule has 0 aliphatic heterocycles. The second-order valence-electron chi connectivity index (χ2n) is 5.80. The van der Waals surface area contributed by atoms with E-state index in [1.54, 1.807) is 19.6 Å². The molecule has 1 atom stereocenters. The van der Waals surface area contributed by atoms with Crippen LogP contribution in [-0.4, -0.2) is 34.2 Å². The smallest absolute Gasteiger partial charge is 0.408 e. The van der Waals surface area contributed by atoms with E-state index < -0.39 is 11.7 Å². The van der Waals surface area contributed by atoms with Crippen molar-refractivity contribution in [1.82, 2.24) is 20.2 Å². The van der Waals surface area contributed by atoms with E-state index in [1.165, 1.54) is 0 Å². The van der Waals surface area contributed by atoms with Crippen LogP contribution in [0.1, 0.15) is 45.9 Å². The Balaban J connectivity index is 2.62. The molecule has 0 bridgehead atoms. The summed E-state index contributed by atoms with van der Waals surface area (Å²) in [6, 6.07) is -0.257. The third-order valence-corrected chi connectivity index (χ3v) is 2.78. The third kappa shape index (κ3) is 5.85. The number of hydrogen-bond donors (Lipinski definition) is 2. The number of carbonyl (C=O) groups excluding carboxylic acids is 2. The van der Waals surface area contributed by atoms with Gasteiger partial charge in [0.1, 0.15) is 5.60 Å². The molecule has 7 nitrogen and oxygen atoms in total. The molecule has 0 aliphatic rings. The van der Waals surface area contributed by atoms with Gasteiger partial charge in [0.2, 0.25) is 5.91 Å². The van der Waals surface area contributed by atoms with Crippen LogP contribution in [0.2, 0.25) is 0 Å². The van der Waals surface area contributed by atoms with Crippen LogP contribution in [0.15, 0.2) is 12.5 Å². The van der Waals surface area contributed by atoms with Crippen molar-refractivity contribution >= 4 is 12.0 Å². The van der Waals surface area contributed by atoms with Gasteiger partial charge in [-0.3, -0.25) is 4.79 Å². The van der Waals surface area contributed by atoms with Gasteiger partial charge in [-0.2, -0.15) is 0 Å². The lowest BCUT2D eigenvalue weighted by Crippen LogP contribution is -2.34. The van der Waals surface area contributed by atoms with Gasteiger partial charge in [-0.15, -0.1) is 0 Å². The molecule has 1 heterocycles. The quantitative estimate of drug-likeness (QED) is 0.864. The third-order valence-electron chi connectivity index (χ3n) is 2.78. The molecular weight excluding hydrogens is 272 g/mol. The zero-order valence-electron chi connectivity index (χ0n) is 13.3. The molecular formula is C14H24N4O3. The molecule has 0 radical (unpaired) electrons. The summed E-state index contributed by atoms with van der Waals surface area (Å²) in [4.78, 5) is 27.1. The fourth-order valence-corrected chi connectivity index (χ4v) is 1.78. The molecule has 0 saturated heterocycles. The highest BCUT2D eigenvalue weighted by Gasteiger charge is 2.20. The Hall–Kier alpha value is -2.05. The number of nitrogens with zero attached hydrogens (tertiary/aromatic N) is 2. The summed E-state index contributed by atoms with van der Waals surface area (Å²) in [5.41, 5.74) is 0.285. The molecule has 1 unspecified atom stereocenters. The maximum Gasteiger partial charge on any atom is 0.408 e. The van der Waals surface area contributed by atoms with Crippen molar-refractivity contribution in [3.8, 4) is 0 Å². The highest BCUT2D eigenvalue weighted by atomic mass is 16.6. The topological polar surface area (TPSA) is 85.3 Å². The Kier molecular flexibility index (Phi) is 5.75. The summed E-state index contributed by atoms with van der Waals surface area (Å²) in [7, 11) is 1.60. The standard InChI is InChI=1S/C14H24N4O3/c1-10(17-13(20)21-14(2,3)4)11-8-16-9-18(11)7-6-12(19)15-5/h8-10H,6-7H2,1-5H3,(H,15,19)(H,17,20). The Labute approximate surface area is 125 Å². The van der Waals surface area contributed by atoms with Crippen LogP contribution in [0.5, 0.6) is 0 Å². The second kappa shape index (κ2) is 7.10. The van der Waals surface area contributed by atoms with Crippen LogP contribution in [0.3, 0.4) is 0 Å². The van der Waals surface area contributed by atoms with Crippen LogP contribution in [0.25, 0.3) is 0 Å². The summed E-state index contributed by atoms with van der Waals surface area (Å²) < 4.78 is 7.06. The van der Waals surface area contributed by atoms with Crippen molar-refractivity contribution in [2.75, 3.05) is 7.05 Å². The summed E-state index contributed by atoms with van der Waals surface area (Å²) >= 11 is 0. The Bertz CT molecular complexity index is 491. The van der Waals surface area contributed by atoms with E-state index >= 15 is 0 Å². The first kappa shape index (κ1) is 17.0. The van der Waals surface area contributed by atoms with Crippen LogP contribution in [0.4, 0.5) is 4.79 Å². The van der Waals surface area contributed by atoms with Gasteiger partial charge in [0, 0.05) is 20.0 Å². The zero-order chi connectivity index (χ0) is 16.0. The largest absolute Gasteiger partial charge is 0.444 e. The van der Waals surface area contributed by atoms with Crippen molar-refractivity contribution in [3.63, 3.8) is 0 Å². The molecule has 0 aliphatic carbocycles. The Morgan fingerprint density at radius 3 is 2.67 bits per heavy atom. The zero-order valence-corrected chi connectivity index (χ0v) is 13.3. The first-order chi connectivity index (χ1) is 9.73. The molecule has 0 spiro atoms. The molecule has 0 aromatic carbocycles. The van der Waals surface area contributed by atoms with Gasteiger partial charge in [-0.25, -0.2) is 9.78 Å². The lowest BCUT2D eigenvalue weighted by Gasteiger charge is -2.22. The SMILES string of the molecule is CNC(=O)CCn1cncc1C(C)NC(=O)OC(C)(C)C. The summed E-state index contributed by atoms with van der Waals surface area (Å²) in [6.07, 6.45) is 3.20. The number of aromatic nitrogens is 2. The molecule has 2 N–H and O–H groups in total. The summed E-state index contributed by atoms with van der Waals surface area (Å²) in [6.45, 7) is 7.78. The minimum absolute atomic E-state index is 0.0394. The minimum Gasteiger partial charge on any atom is -0.444 e. The van der Waals surface area contributed by atoms with Gasteiger partial charge in [-0.1, -0.05) is 0 Å². The number of amides is 2. The number of ether oxygens (including phenoxy) is 1. The van der Waals surface area contributed by atoms with Crippen molar-refractivity contribution in [2.24, 2.45) is 0 Å². The molecule has 2 amide bonds. The molecule has 1 rings (SSSR count). The normalized spacial score (nSPS) is 12.6. The fourth-order valence-electron chi connectivity index (χ4n) is 1.78. The molecule has 0 saturated carbocycles. The van der Waals surface area contributed by atoms with E-state index in [2.05, 4.69) is 15.6 Å². The highest BCUT2D eigenvalue weighted by molar-refractivity contribution is 5.75. The lowest BCUT2D eigenvalue weighted by atomic mass is 10.2. The predicted molar refractivity (Wildman–Crippen MR) is 78.7 cm³/mol. The average Bonchev–Trinajstić information content (AvgIpc) is 2.81. The monoisotopic (exact) mass is 296 g/mol. The number of alkyl carbamates (subject to hydrolysis) is 1. The van der Waals surface area contributed by atoms with Gasteiger partial charge in [0.15, 0.2) is 0 Å². The van der Waals surface area contributed by atoms with Crippen molar-refractivity contribution in [2.45, 2.75) is 52.3 Å². The predicted octanol–water partition coefficient (Wildman–Crippen LogP) is 1.60. The summed E-state index contributed by atoms with van der Waals surface area (Å²) in [5, 5.41) is 5.33. The second-order valence-corrected chi connectivity index (χ2v) is 5.80. The van der Waals surface area contributed by atoms with Gasteiger partial charge < -0.3 is 19.9 Å². The number of rotatable bonds is 5. The molecule has 118 valence electrons. The Morgan fingerprint density at radius 1 is 1.43 bits per heavy atom. The van der Waals surface area contributed by atoms with E-state index in [9.17, 15) is 9.59 Å². The van der Waals surface area contributed by atoms with E-state index in [-0.39, 0.29) is 11.9 Å². The lowest BCUT2D eigenvalue weighted by molar-refractivity contribution is -0.120. The molecule has 0 fully saturated rings. The average molecular weight is 296 g/mol. The molecule has 21 heavy (non-hydrogen) atoms. The van der Waals surface area contributed by atoms with Crippen LogP contribution in [-0.2, 0) is 16.1 Å². The van der Waals surface area contributed by atoms with E-state index in [4.69, 9.17) is 4.74 Å². The maximum atomic E-state index is 11.8. The van der Waals surface area contributed by atoms with Crippen LogP contribution >= 0.6 is 0 Å². The van der Waals surface area contributed by atoms with Crippen molar-refractivity contribution in [1.29, 1.82) is 0 Å². The van der Waals surface area contributed by atoms with Crippen molar-refractivity contribution in [3.05, 3.63) is 18.2 Å². The summed E-state index contributed by atoms with van der Waals surface area (Å²) in [5.74, 6) is -0.0394. The highest BCUT2D eigenvalue weighted by Crippen LogP contribution is 2.14. The van der Waals surface area contributed by atoms with Gasteiger partial charge >= 0.3 is 6.09 Å². The van der Waals surface area contributed by atoms with E-state index in [1.807, 2.05) is 32.3 Å². The van der Waals surface area contributed by atoms with Crippen LogP contribution < -0.4 is 10.6 Å². The van der Waals surface area contributed by atoms with Gasteiger partial charge in [-0.05, 0) is 27.7 Å². The van der Waals surface area contributed by atoms with E-state index in [0.717, 1.165) is 5.69 Å². The van der Waals surface area contributed by atoms with Gasteiger partial charge in [0.25, 0.3) is 0 Å². The first-order valence-electron chi connectivity index (χ1n) is 6.93. The minimum atomic E-state index is -0.538. The van der Waals surface area contributed by atoms with Gasteiger partial charge in [0.05, 0.1) is 24.3 Å². The van der Waals surface area contributed by atoms with E-state index in [0.29, 0.717) is 13.0 Å². The number of imidazole rings is 1. The first-order valence-corrected chi connectivity index (χ1v) is 6.93. The number of nitrogens with one attached hydrogen (secondary N) is 2. The number of carbonyl (C=O) groups is 2. The molecule has 7 heteroatoms. The fraction of sp³-hybridized carbons (Fsp3) is 0.643. The number of hydrogen-bond acceptors (Lipinski definition) is 4.